The van der Waals surface area contributed by atoms with Crippen molar-refractivity contribution < 1.29 is 23.1 Å². The van der Waals surface area contributed by atoms with Crippen molar-refractivity contribution in [1.29, 1.82) is 0 Å². The van der Waals surface area contributed by atoms with Gasteiger partial charge in [-0.2, -0.15) is 13.2 Å². The molecule has 0 aliphatic carbocycles. The van der Waals surface area contributed by atoms with Crippen LogP contribution in [-0.4, -0.2) is 17.3 Å². The molecule has 0 aliphatic rings. The van der Waals surface area contributed by atoms with Crippen LogP contribution in [0.15, 0.2) is 24.3 Å². The topological polar surface area (TPSA) is 63.3 Å². The number of aromatic carboxylic acids is 1. The predicted octanol–water partition coefficient (Wildman–Crippen LogP) is 2.37. The minimum absolute atomic E-state index is 0. The molecule has 3 nitrogen and oxygen atoms in total. The molecule has 0 amide bonds. The number of nitrogens with two attached hydrogens (primary N) is 1. The van der Waals surface area contributed by atoms with E-state index in [9.17, 15) is 18.0 Å². The summed E-state index contributed by atoms with van der Waals surface area (Å²) < 4.78 is 36.6. The molecule has 0 aliphatic heterocycles. The summed E-state index contributed by atoms with van der Waals surface area (Å²) >= 11 is 0. The maximum atomic E-state index is 12.2. The van der Waals surface area contributed by atoms with E-state index in [0.29, 0.717) is 0 Å². The SMILES string of the molecule is Cl.N[C@@H](c1cccc(C(=O)O)c1)C(F)(F)F. The Hall–Kier alpha value is -1.27. The summed E-state index contributed by atoms with van der Waals surface area (Å²) in [4.78, 5) is 10.5. The second-order valence-electron chi connectivity index (χ2n) is 2.95. The Kier molecular flexibility index (Phi) is 4.77. The first-order valence-electron chi connectivity index (χ1n) is 3.98. The summed E-state index contributed by atoms with van der Waals surface area (Å²) in [7, 11) is 0. The van der Waals surface area contributed by atoms with E-state index in [0.717, 1.165) is 12.1 Å². The van der Waals surface area contributed by atoms with Gasteiger partial charge < -0.3 is 10.8 Å². The molecule has 0 spiro atoms. The highest BCUT2D eigenvalue weighted by atomic mass is 35.5. The number of halogens is 4. The molecular weight excluding hydrogens is 247 g/mol. The molecule has 16 heavy (non-hydrogen) atoms. The van der Waals surface area contributed by atoms with Crippen LogP contribution >= 0.6 is 12.4 Å². The van der Waals surface area contributed by atoms with Crippen molar-refractivity contribution in [3.8, 4) is 0 Å². The maximum Gasteiger partial charge on any atom is 0.407 e. The van der Waals surface area contributed by atoms with Gasteiger partial charge in [0, 0.05) is 0 Å². The third-order valence-electron chi connectivity index (χ3n) is 1.85. The van der Waals surface area contributed by atoms with E-state index < -0.39 is 18.2 Å². The van der Waals surface area contributed by atoms with Gasteiger partial charge >= 0.3 is 12.1 Å². The van der Waals surface area contributed by atoms with E-state index in [1.165, 1.54) is 12.1 Å². The molecule has 0 saturated heterocycles. The van der Waals surface area contributed by atoms with E-state index in [-0.39, 0.29) is 23.5 Å². The van der Waals surface area contributed by atoms with Crippen molar-refractivity contribution in [2.45, 2.75) is 12.2 Å². The number of hydrogen-bond donors (Lipinski definition) is 2. The quantitative estimate of drug-likeness (QED) is 0.853. The number of carbonyl (C=O) groups is 1. The first kappa shape index (κ1) is 14.7. The van der Waals surface area contributed by atoms with E-state index >= 15 is 0 Å². The smallest absolute Gasteiger partial charge is 0.407 e. The van der Waals surface area contributed by atoms with Gasteiger partial charge in [-0.05, 0) is 17.7 Å². The van der Waals surface area contributed by atoms with Gasteiger partial charge in [-0.3, -0.25) is 0 Å². The van der Waals surface area contributed by atoms with Crippen LogP contribution in [0.2, 0.25) is 0 Å². The Morgan fingerprint density at radius 2 is 1.94 bits per heavy atom. The average molecular weight is 256 g/mol. The van der Waals surface area contributed by atoms with E-state index in [1.807, 2.05) is 0 Å². The van der Waals surface area contributed by atoms with E-state index in [2.05, 4.69) is 0 Å². The second-order valence-corrected chi connectivity index (χ2v) is 2.95. The highest BCUT2D eigenvalue weighted by Gasteiger charge is 2.37. The van der Waals surface area contributed by atoms with Crippen molar-refractivity contribution in [2.24, 2.45) is 5.73 Å². The van der Waals surface area contributed by atoms with Gasteiger partial charge in [-0.1, -0.05) is 12.1 Å². The Balaban J connectivity index is 0.00000225. The molecule has 3 N–H and O–H groups in total. The van der Waals surface area contributed by atoms with Crippen LogP contribution < -0.4 is 5.73 Å². The molecule has 0 bridgehead atoms. The molecule has 1 rings (SSSR count). The molecule has 0 heterocycles. The zero-order chi connectivity index (χ0) is 11.6. The molecule has 90 valence electrons. The lowest BCUT2D eigenvalue weighted by Crippen LogP contribution is -2.28. The van der Waals surface area contributed by atoms with Crippen LogP contribution in [0.4, 0.5) is 13.2 Å². The predicted molar refractivity (Wildman–Crippen MR) is 53.6 cm³/mol. The second kappa shape index (κ2) is 5.18. The summed E-state index contributed by atoms with van der Waals surface area (Å²) in [6.07, 6.45) is -4.57. The zero-order valence-corrected chi connectivity index (χ0v) is 8.68. The minimum atomic E-state index is -4.57. The van der Waals surface area contributed by atoms with Gasteiger partial charge in [-0.25, -0.2) is 4.79 Å². The fraction of sp³-hybridized carbons (Fsp3) is 0.222. The van der Waals surface area contributed by atoms with Gasteiger partial charge in [0.1, 0.15) is 6.04 Å². The van der Waals surface area contributed by atoms with Crippen molar-refractivity contribution >= 4 is 18.4 Å². The number of carboxylic acids is 1. The Bertz CT molecular complexity index is 381. The highest BCUT2D eigenvalue weighted by molar-refractivity contribution is 5.87. The van der Waals surface area contributed by atoms with Gasteiger partial charge in [0.05, 0.1) is 5.56 Å². The van der Waals surface area contributed by atoms with Crippen molar-refractivity contribution in [1.82, 2.24) is 0 Å². The minimum Gasteiger partial charge on any atom is -0.478 e. The molecule has 1 aromatic carbocycles. The van der Waals surface area contributed by atoms with Crippen molar-refractivity contribution in [3.05, 3.63) is 35.4 Å². The van der Waals surface area contributed by atoms with Crippen LogP contribution in [-0.2, 0) is 0 Å². The molecule has 0 radical (unpaired) electrons. The Labute approximate surface area is 95.5 Å². The third kappa shape index (κ3) is 3.39. The molecule has 0 saturated carbocycles. The van der Waals surface area contributed by atoms with Crippen molar-refractivity contribution in [3.63, 3.8) is 0 Å². The fourth-order valence-electron chi connectivity index (χ4n) is 1.05. The van der Waals surface area contributed by atoms with Gasteiger partial charge in [0.15, 0.2) is 0 Å². The summed E-state index contributed by atoms with van der Waals surface area (Å²) in [5.74, 6) is -1.29. The van der Waals surface area contributed by atoms with Crippen LogP contribution in [0.5, 0.6) is 0 Å². The van der Waals surface area contributed by atoms with Gasteiger partial charge in [0.2, 0.25) is 0 Å². The number of alkyl halides is 3. The largest absolute Gasteiger partial charge is 0.478 e. The monoisotopic (exact) mass is 255 g/mol. The molecule has 0 unspecified atom stereocenters. The van der Waals surface area contributed by atoms with Crippen LogP contribution in [0.3, 0.4) is 0 Å². The van der Waals surface area contributed by atoms with Crippen LogP contribution in [0.25, 0.3) is 0 Å². The molecule has 0 aromatic heterocycles. The Morgan fingerprint density at radius 1 is 1.38 bits per heavy atom. The summed E-state index contributed by atoms with van der Waals surface area (Å²) in [6.45, 7) is 0. The summed E-state index contributed by atoms with van der Waals surface area (Å²) in [6, 6.07) is 2.33. The standard InChI is InChI=1S/C9H8F3NO2.ClH/c10-9(11,12)7(13)5-2-1-3-6(4-5)8(14)15;/h1-4,7H,13H2,(H,14,15);1H/t7-;/m0./s1. The van der Waals surface area contributed by atoms with Crippen LogP contribution in [0, 0.1) is 0 Å². The summed E-state index contributed by atoms with van der Waals surface area (Å²) in [5.41, 5.74) is 4.45. The fourth-order valence-corrected chi connectivity index (χ4v) is 1.05. The zero-order valence-electron chi connectivity index (χ0n) is 7.86. The molecule has 1 aromatic rings. The number of hydrogen-bond acceptors (Lipinski definition) is 2. The highest BCUT2D eigenvalue weighted by Crippen LogP contribution is 2.30. The first-order valence-corrected chi connectivity index (χ1v) is 3.98. The van der Waals surface area contributed by atoms with Crippen LogP contribution in [0.1, 0.15) is 22.0 Å². The normalized spacial score (nSPS) is 12.8. The van der Waals surface area contributed by atoms with Crippen molar-refractivity contribution in [2.75, 3.05) is 0 Å². The Morgan fingerprint density at radius 3 is 2.38 bits per heavy atom. The molecule has 7 heteroatoms. The lowest BCUT2D eigenvalue weighted by molar-refractivity contribution is -0.149. The number of benzene rings is 1. The van der Waals surface area contributed by atoms with Gasteiger partial charge in [-0.15, -0.1) is 12.4 Å². The summed E-state index contributed by atoms with van der Waals surface area (Å²) in [5, 5.41) is 8.57. The molecule has 1 atom stereocenters. The maximum absolute atomic E-state index is 12.2. The average Bonchev–Trinajstić information content (AvgIpc) is 2.15. The third-order valence-corrected chi connectivity index (χ3v) is 1.85. The first-order chi connectivity index (χ1) is 6.82. The van der Waals surface area contributed by atoms with E-state index in [4.69, 9.17) is 10.8 Å². The lowest BCUT2D eigenvalue weighted by atomic mass is 10.0. The van der Waals surface area contributed by atoms with E-state index in [1.54, 1.807) is 0 Å². The molecular formula is C9H9ClF3NO2. The van der Waals surface area contributed by atoms with Gasteiger partial charge in [0.25, 0.3) is 0 Å². The molecule has 0 fully saturated rings. The number of carboxylic acid groups (broad SMARTS) is 1. The lowest BCUT2D eigenvalue weighted by Gasteiger charge is -2.15. The number of rotatable bonds is 2.